The summed E-state index contributed by atoms with van der Waals surface area (Å²) in [5.41, 5.74) is -1.05. The van der Waals surface area contributed by atoms with Gasteiger partial charge in [-0.1, -0.05) is 0 Å². The van der Waals surface area contributed by atoms with Crippen molar-refractivity contribution in [2.24, 2.45) is 0 Å². The number of phosphoric acid groups is 1. The summed E-state index contributed by atoms with van der Waals surface area (Å²) in [6.45, 7) is 0.892. The highest BCUT2D eigenvalue weighted by Crippen LogP contribution is 2.37. The molecule has 0 aliphatic carbocycles. The zero-order chi connectivity index (χ0) is 15.8. The SMILES string of the molecule is Cc1cn([C@H]2C[C@H](OP(=O)([O-])[O-])[C@@H](CO)O2)c(=O)[nH]c1=O.[NH4+].[NH4+]. The van der Waals surface area contributed by atoms with Gasteiger partial charge in [0.15, 0.2) is 0 Å². The van der Waals surface area contributed by atoms with Crippen molar-refractivity contribution in [2.75, 3.05) is 6.61 Å². The molecule has 1 aromatic rings. The Hall–Kier alpha value is -1.37. The fourth-order valence-electron chi connectivity index (χ4n) is 2.11. The molecule has 23 heavy (non-hydrogen) atoms. The minimum atomic E-state index is -5.25. The number of nitrogens with one attached hydrogen (secondary N) is 1. The van der Waals surface area contributed by atoms with Crippen LogP contribution < -0.4 is 33.3 Å². The Morgan fingerprint density at radius 3 is 2.61 bits per heavy atom. The third kappa shape index (κ3) is 5.06. The Bertz CT molecular complexity index is 682. The van der Waals surface area contributed by atoms with E-state index in [0.717, 1.165) is 4.57 Å². The monoisotopic (exact) mass is 356 g/mol. The zero-order valence-corrected chi connectivity index (χ0v) is 13.8. The molecule has 0 saturated carbocycles. The number of hydrogen-bond acceptors (Lipinski definition) is 8. The lowest BCUT2D eigenvalue weighted by Crippen LogP contribution is -2.33. The van der Waals surface area contributed by atoms with Crippen LogP contribution >= 0.6 is 7.82 Å². The second-order valence-electron chi connectivity index (χ2n) is 4.62. The smallest absolute Gasteiger partial charge is 0.330 e. The summed E-state index contributed by atoms with van der Waals surface area (Å²) in [6.07, 6.45) is -2.10. The summed E-state index contributed by atoms with van der Waals surface area (Å²) in [5.74, 6) is 0. The largest absolute Gasteiger partial charge is 0.790 e. The van der Waals surface area contributed by atoms with Gasteiger partial charge >= 0.3 is 5.69 Å². The summed E-state index contributed by atoms with van der Waals surface area (Å²) in [6, 6.07) is 0. The van der Waals surface area contributed by atoms with Gasteiger partial charge in [-0.25, -0.2) is 4.79 Å². The average molecular weight is 356 g/mol. The Labute approximate surface area is 130 Å². The quantitative estimate of drug-likeness (QED) is 0.443. The third-order valence-electron chi connectivity index (χ3n) is 3.08. The average Bonchev–Trinajstić information content (AvgIpc) is 2.74. The first kappa shape index (κ1) is 21.6. The summed E-state index contributed by atoms with van der Waals surface area (Å²) in [7, 11) is -5.25. The normalized spacial score (nSPS) is 23.9. The van der Waals surface area contributed by atoms with Gasteiger partial charge in [-0.15, -0.1) is 0 Å². The van der Waals surface area contributed by atoms with E-state index in [-0.39, 0.29) is 24.3 Å². The van der Waals surface area contributed by atoms with E-state index in [1.54, 1.807) is 0 Å². The second-order valence-corrected chi connectivity index (χ2v) is 5.72. The lowest BCUT2D eigenvalue weighted by atomic mass is 10.2. The molecule has 10 N–H and O–H groups in total. The van der Waals surface area contributed by atoms with Crippen LogP contribution in [-0.2, 0) is 13.8 Å². The molecule has 12 nitrogen and oxygen atoms in total. The van der Waals surface area contributed by atoms with E-state index in [1.165, 1.54) is 13.1 Å². The molecule has 0 amide bonds. The van der Waals surface area contributed by atoms with Crippen molar-refractivity contribution >= 4 is 7.82 Å². The van der Waals surface area contributed by atoms with Crippen molar-refractivity contribution < 1.29 is 28.7 Å². The molecule has 1 aliphatic rings. The summed E-state index contributed by atoms with van der Waals surface area (Å²) >= 11 is 0. The summed E-state index contributed by atoms with van der Waals surface area (Å²) in [5, 5.41) is 9.12. The van der Waals surface area contributed by atoms with Gasteiger partial charge in [0.2, 0.25) is 0 Å². The molecule has 0 unspecified atom stereocenters. The molecule has 13 heteroatoms. The molecule has 1 aliphatic heterocycles. The molecular weight excluding hydrogens is 335 g/mol. The van der Waals surface area contributed by atoms with Crippen molar-refractivity contribution in [3.05, 3.63) is 32.6 Å². The Kier molecular flexibility index (Phi) is 7.47. The molecule has 0 bridgehead atoms. The number of nitrogens with zero attached hydrogens (tertiary/aromatic N) is 1. The maximum Gasteiger partial charge on any atom is 0.330 e. The molecule has 3 atom stereocenters. The summed E-state index contributed by atoms with van der Waals surface area (Å²) in [4.78, 5) is 46.4. The standard InChI is InChI=1S/C10H15N2O8P.2H3N/c1-5-3-12(10(15)11-9(5)14)8-2-6(7(4-13)19-8)20-21(16,17)18;;/h3,6-8,13H,2,4H2,1H3,(H,11,14,15)(H2,16,17,18);2*1H3/t6-,7+,8+;;/m0../s1. The molecule has 1 fully saturated rings. The van der Waals surface area contributed by atoms with Crippen LogP contribution in [-0.4, -0.2) is 33.5 Å². The fraction of sp³-hybridized carbons (Fsp3) is 0.600. The van der Waals surface area contributed by atoms with Crippen LogP contribution in [0.4, 0.5) is 0 Å². The number of aliphatic hydroxyl groups excluding tert-OH is 1. The van der Waals surface area contributed by atoms with E-state index in [4.69, 9.17) is 9.84 Å². The predicted octanol–water partition coefficient (Wildman–Crippen LogP) is -1.91. The Balaban J connectivity index is 0.00000242. The fourth-order valence-corrected chi connectivity index (χ4v) is 2.67. The molecule has 134 valence electrons. The number of H-pyrrole nitrogens is 1. The van der Waals surface area contributed by atoms with Gasteiger partial charge in [-0.3, -0.25) is 14.3 Å². The maximum absolute atomic E-state index is 11.7. The van der Waals surface area contributed by atoms with Crippen LogP contribution in [0.15, 0.2) is 15.8 Å². The first-order chi connectivity index (χ1) is 9.71. The van der Waals surface area contributed by atoms with E-state index in [2.05, 4.69) is 9.51 Å². The number of aryl methyl sites for hydroxylation is 1. The minimum absolute atomic E-state index is 0. The lowest BCUT2D eigenvalue weighted by molar-refractivity contribution is -0.345. The number of aliphatic hydroxyl groups is 1. The van der Waals surface area contributed by atoms with Gasteiger partial charge < -0.3 is 41.0 Å². The Morgan fingerprint density at radius 1 is 1.48 bits per heavy atom. The third-order valence-corrected chi connectivity index (χ3v) is 3.61. The number of hydrogen-bond donors (Lipinski definition) is 4. The summed E-state index contributed by atoms with van der Waals surface area (Å²) < 4.78 is 21.3. The van der Waals surface area contributed by atoms with Crippen LogP contribution in [0.3, 0.4) is 0 Å². The van der Waals surface area contributed by atoms with Gasteiger partial charge in [0.1, 0.15) is 12.3 Å². The Morgan fingerprint density at radius 2 is 2.09 bits per heavy atom. The number of phosphoric ester groups is 1. The van der Waals surface area contributed by atoms with Gasteiger partial charge in [0.25, 0.3) is 5.56 Å². The number of ether oxygens (including phenoxy) is 1. The molecule has 0 aromatic carbocycles. The topological polar surface area (TPSA) is 230 Å². The van der Waals surface area contributed by atoms with Gasteiger partial charge in [0, 0.05) is 18.2 Å². The van der Waals surface area contributed by atoms with Crippen molar-refractivity contribution in [3.63, 3.8) is 0 Å². The van der Waals surface area contributed by atoms with E-state index >= 15 is 0 Å². The number of aromatic amines is 1. The van der Waals surface area contributed by atoms with Crippen molar-refractivity contribution in [1.82, 2.24) is 21.9 Å². The molecule has 0 radical (unpaired) electrons. The van der Waals surface area contributed by atoms with Gasteiger partial charge in [-0.2, -0.15) is 0 Å². The zero-order valence-electron chi connectivity index (χ0n) is 12.9. The lowest BCUT2D eigenvalue weighted by Gasteiger charge is -2.32. The second kappa shape index (κ2) is 7.95. The van der Waals surface area contributed by atoms with E-state index in [0.29, 0.717) is 0 Å². The molecule has 2 rings (SSSR count). The van der Waals surface area contributed by atoms with Crippen LogP contribution in [0.2, 0.25) is 0 Å². The van der Waals surface area contributed by atoms with Crippen LogP contribution in [0.25, 0.3) is 0 Å². The molecular formula is C10H21N4O8P. The molecule has 2 heterocycles. The highest BCUT2D eigenvalue weighted by atomic mass is 31.2. The van der Waals surface area contributed by atoms with Crippen LogP contribution in [0.5, 0.6) is 0 Å². The van der Waals surface area contributed by atoms with E-state index < -0.39 is 44.1 Å². The van der Waals surface area contributed by atoms with Crippen LogP contribution in [0, 0.1) is 6.92 Å². The van der Waals surface area contributed by atoms with Gasteiger partial charge in [-0.05, 0) is 6.92 Å². The first-order valence-electron chi connectivity index (χ1n) is 6.00. The highest BCUT2D eigenvalue weighted by Gasteiger charge is 2.37. The van der Waals surface area contributed by atoms with E-state index in [1.807, 2.05) is 0 Å². The van der Waals surface area contributed by atoms with Crippen molar-refractivity contribution in [1.29, 1.82) is 0 Å². The first-order valence-corrected chi connectivity index (χ1v) is 7.46. The number of quaternary nitrogens is 2. The van der Waals surface area contributed by atoms with Crippen molar-refractivity contribution in [3.8, 4) is 0 Å². The highest BCUT2D eigenvalue weighted by molar-refractivity contribution is 7.43. The number of aromatic nitrogens is 2. The molecule has 0 spiro atoms. The predicted molar refractivity (Wildman–Crippen MR) is 76.1 cm³/mol. The molecule has 1 saturated heterocycles. The van der Waals surface area contributed by atoms with E-state index in [9.17, 15) is 23.9 Å². The van der Waals surface area contributed by atoms with Crippen LogP contribution in [0.1, 0.15) is 18.2 Å². The maximum atomic E-state index is 11.7. The van der Waals surface area contributed by atoms with Gasteiger partial charge in [0.05, 0.1) is 20.5 Å². The molecule has 1 aromatic heterocycles. The minimum Gasteiger partial charge on any atom is -0.790 e. The van der Waals surface area contributed by atoms with Crippen molar-refractivity contribution in [2.45, 2.75) is 31.8 Å². The number of rotatable bonds is 4.